The fraction of sp³-hybridized carbons (Fsp3) is 0.250. The number of hydrogen-bond acceptors (Lipinski definition) is 3. The van der Waals surface area contributed by atoms with Crippen LogP contribution in [-0.4, -0.2) is 24.2 Å². The fourth-order valence-corrected chi connectivity index (χ4v) is 2.63. The molecule has 2 aromatic rings. The average molecular weight is 250 g/mol. The van der Waals surface area contributed by atoms with E-state index in [0.717, 1.165) is 23.1 Å². The maximum atomic E-state index is 11.6. The molecule has 1 aromatic heterocycles. The quantitative estimate of drug-likeness (QED) is 0.818. The number of aryl methyl sites for hydroxylation is 2. The van der Waals surface area contributed by atoms with Gasteiger partial charge in [-0.25, -0.2) is 13.4 Å². The molecule has 0 saturated carbocycles. The van der Waals surface area contributed by atoms with Crippen LogP contribution in [0.15, 0.2) is 35.7 Å². The molecule has 2 rings (SSSR count). The Labute approximate surface area is 101 Å². The second kappa shape index (κ2) is 4.00. The molecule has 0 bridgehead atoms. The number of hydrogen-bond donors (Lipinski definition) is 0. The van der Waals surface area contributed by atoms with Gasteiger partial charge in [-0.1, -0.05) is 6.07 Å². The SMILES string of the molecule is Cc1cc(C)cc(-n2ccnc2S(C)(=O)=O)c1. The van der Waals surface area contributed by atoms with E-state index in [-0.39, 0.29) is 5.16 Å². The van der Waals surface area contributed by atoms with E-state index >= 15 is 0 Å². The number of nitrogens with zero attached hydrogens (tertiary/aromatic N) is 2. The van der Waals surface area contributed by atoms with Gasteiger partial charge in [-0.3, -0.25) is 4.57 Å². The van der Waals surface area contributed by atoms with Crippen LogP contribution in [0.5, 0.6) is 0 Å². The molecule has 0 N–H and O–H groups in total. The molecular weight excluding hydrogens is 236 g/mol. The molecular formula is C12H14N2O2S. The summed E-state index contributed by atoms with van der Waals surface area (Å²) >= 11 is 0. The zero-order chi connectivity index (χ0) is 12.6. The highest BCUT2D eigenvalue weighted by atomic mass is 32.2. The molecule has 0 unspecified atom stereocenters. The summed E-state index contributed by atoms with van der Waals surface area (Å²) in [5, 5.41) is 0.0718. The minimum Gasteiger partial charge on any atom is -0.291 e. The maximum Gasteiger partial charge on any atom is 0.231 e. The van der Waals surface area contributed by atoms with Crippen molar-refractivity contribution in [2.75, 3.05) is 6.26 Å². The molecule has 17 heavy (non-hydrogen) atoms. The molecule has 0 aliphatic rings. The van der Waals surface area contributed by atoms with Crippen LogP contribution in [0.4, 0.5) is 0 Å². The molecule has 5 heteroatoms. The molecule has 0 fully saturated rings. The largest absolute Gasteiger partial charge is 0.291 e. The van der Waals surface area contributed by atoms with Crippen LogP contribution in [0.3, 0.4) is 0 Å². The molecule has 0 spiro atoms. The standard InChI is InChI=1S/C12H14N2O2S/c1-9-6-10(2)8-11(7-9)14-5-4-13-12(14)17(3,15)16/h4-8H,1-3H3. The third-order valence-electron chi connectivity index (χ3n) is 2.42. The monoisotopic (exact) mass is 250 g/mol. The van der Waals surface area contributed by atoms with Crippen LogP contribution >= 0.6 is 0 Å². The predicted octanol–water partition coefficient (Wildman–Crippen LogP) is 1.89. The van der Waals surface area contributed by atoms with Gasteiger partial charge in [0.05, 0.1) is 0 Å². The lowest BCUT2D eigenvalue weighted by atomic mass is 10.1. The fourth-order valence-electron chi connectivity index (χ4n) is 1.85. The molecule has 1 heterocycles. The van der Waals surface area contributed by atoms with Crippen LogP contribution in [0.1, 0.15) is 11.1 Å². The summed E-state index contributed by atoms with van der Waals surface area (Å²) in [7, 11) is -3.31. The molecule has 0 saturated heterocycles. The van der Waals surface area contributed by atoms with Crippen LogP contribution in [0.25, 0.3) is 5.69 Å². The first-order chi connectivity index (χ1) is 7.88. The third-order valence-corrected chi connectivity index (χ3v) is 3.39. The molecule has 90 valence electrons. The lowest BCUT2D eigenvalue weighted by Crippen LogP contribution is -2.07. The zero-order valence-corrected chi connectivity index (χ0v) is 10.8. The Hall–Kier alpha value is -1.62. The average Bonchev–Trinajstić information content (AvgIpc) is 2.63. The highest BCUT2D eigenvalue weighted by Crippen LogP contribution is 2.17. The van der Waals surface area contributed by atoms with E-state index in [1.54, 1.807) is 10.8 Å². The Morgan fingerprint density at radius 1 is 1.12 bits per heavy atom. The highest BCUT2D eigenvalue weighted by Gasteiger charge is 2.15. The lowest BCUT2D eigenvalue weighted by Gasteiger charge is -2.08. The van der Waals surface area contributed by atoms with Gasteiger partial charge in [0.1, 0.15) is 0 Å². The van der Waals surface area contributed by atoms with E-state index in [1.165, 1.54) is 6.20 Å². The van der Waals surface area contributed by atoms with Gasteiger partial charge in [0, 0.05) is 24.3 Å². The molecule has 4 nitrogen and oxygen atoms in total. The van der Waals surface area contributed by atoms with Gasteiger partial charge < -0.3 is 0 Å². The molecule has 0 aliphatic heterocycles. The summed E-state index contributed by atoms with van der Waals surface area (Å²) in [6, 6.07) is 5.91. The van der Waals surface area contributed by atoms with Gasteiger partial charge in [0.2, 0.25) is 15.0 Å². The van der Waals surface area contributed by atoms with Crippen LogP contribution in [0, 0.1) is 13.8 Å². The molecule has 1 aromatic carbocycles. The van der Waals surface area contributed by atoms with Crippen molar-refractivity contribution in [3.05, 3.63) is 41.7 Å². The summed E-state index contributed by atoms with van der Waals surface area (Å²) in [5.41, 5.74) is 3.00. The van der Waals surface area contributed by atoms with Gasteiger partial charge in [-0.2, -0.15) is 0 Å². The first-order valence-corrected chi connectivity index (χ1v) is 7.09. The normalized spacial score (nSPS) is 11.7. The lowest BCUT2D eigenvalue weighted by molar-refractivity contribution is 0.590. The van der Waals surface area contributed by atoms with Gasteiger partial charge in [0.15, 0.2) is 0 Å². The zero-order valence-electron chi connectivity index (χ0n) is 10.0. The number of benzene rings is 1. The van der Waals surface area contributed by atoms with E-state index in [9.17, 15) is 8.42 Å². The van der Waals surface area contributed by atoms with Crippen molar-refractivity contribution in [2.45, 2.75) is 19.0 Å². The second-order valence-corrected chi connectivity index (χ2v) is 6.11. The topological polar surface area (TPSA) is 52.0 Å². The molecule has 0 amide bonds. The molecule has 0 aliphatic carbocycles. The minimum atomic E-state index is -3.31. The first kappa shape index (κ1) is 11.9. The second-order valence-electron chi connectivity index (χ2n) is 4.20. The number of rotatable bonds is 2. The van der Waals surface area contributed by atoms with E-state index in [0.29, 0.717) is 0 Å². The smallest absolute Gasteiger partial charge is 0.231 e. The van der Waals surface area contributed by atoms with Crippen molar-refractivity contribution in [1.82, 2.24) is 9.55 Å². The van der Waals surface area contributed by atoms with Crippen molar-refractivity contribution in [3.8, 4) is 5.69 Å². The molecule has 0 atom stereocenters. The van der Waals surface area contributed by atoms with Gasteiger partial charge >= 0.3 is 0 Å². The minimum absolute atomic E-state index is 0.0718. The molecule has 0 radical (unpaired) electrons. The number of imidazole rings is 1. The van der Waals surface area contributed by atoms with Crippen molar-refractivity contribution < 1.29 is 8.42 Å². The Kier molecular flexibility index (Phi) is 2.79. The van der Waals surface area contributed by atoms with E-state index in [2.05, 4.69) is 4.98 Å². The van der Waals surface area contributed by atoms with Crippen molar-refractivity contribution in [1.29, 1.82) is 0 Å². The van der Waals surface area contributed by atoms with E-state index < -0.39 is 9.84 Å². The van der Waals surface area contributed by atoms with Crippen molar-refractivity contribution >= 4 is 9.84 Å². The Morgan fingerprint density at radius 3 is 2.24 bits per heavy atom. The van der Waals surface area contributed by atoms with Gasteiger partial charge in [-0.05, 0) is 37.1 Å². The number of aromatic nitrogens is 2. The summed E-state index contributed by atoms with van der Waals surface area (Å²) < 4.78 is 24.7. The Bertz CT molecular complexity index is 637. The van der Waals surface area contributed by atoms with Crippen LogP contribution in [0.2, 0.25) is 0 Å². The van der Waals surface area contributed by atoms with Crippen molar-refractivity contribution in [2.24, 2.45) is 0 Å². The highest BCUT2D eigenvalue weighted by molar-refractivity contribution is 7.90. The Balaban J connectivity index is 2.66. The van der Waals surface area contributed by atoms with Crippen LogP contribution in [-0.2, 0) is 9.84 Å². The van der Waals surface area contributed by atoms with Gasteiger partial charge in [0.25, 0.3) is 0 Å². The summed E-state index contributed by atoms with van der Waals surface area (Å²) in [6.07, 6.45) is 4.31. The van der Waals surface area contributed by atoms with Crippen LogP contribution < -0.4 is 0 Å². The summed E-state index contributed by atoms with van der Waals surface area (Å²) in [6.45, 7) is 3.96. The first-order valence-electron chi connectivity index (χ1n) is 5.20. The summed E-state index contributed by atoms with van der Waals surface area (Å²) in [5.74, 6) is 0. The van der Waals surface area contributed by atoms with E-state index in [1.807, 2.05) is 32.0 Å². The number of sulfone groups is 1. The summed E-state index contributed by atoms with van der Waals surface area (Å²) in [4.78, 5) is 3.90. The third kappa shape index (κ3) is 2.39. The van der Waals surface area contributed by atoms with Gasteiger partial charge in [-0.15, -0.1) is 0 Å². The Morgan fingerprint density at radius 2 is 1.71 bits per heavy atom. The van der Waals surface area contributed by atoms with Crippen molar-refractivity contribution in [3.63, 3.8) is 0 Å². The predicted molar refractivity (Wildman–Crippen MR) is 66.1 cm³/mol. The maximum absolute atomic E-state index is 11.6. The van der Waals surface area contributed by atoms with E-state index in [4.69, 9.17) is 0 Å².